The van der Waals surface area contributed by atoms with Gasteiger partial charge in [0.1, 0.15) is 11.8 Å². The molecule has 0 aliphatic carbocycles. The Labute approximate surface area is 102 Å². The molecule has 0 aliphatic heterocycles. The Morgan fingerprint density at radius 2 is 1.88 bits per heavy atom. The Hall–Kier alpha value is -1.36. The molecular weight excluding hydrogens is 252 g/mol. The molecule has 10 heteroatoms. The van der Waals surface area contributed by atoms with Crippen LogP contribution in [0.2, 0.25) is 0 Å². The molecule has 0 bridgehead atoms. The second kappa shape index (κ2) is 7.87. The van der Waals surface area contributed by atoms with Crippen molar-refractivity contribution in [3.63, 3.8) is 0 Å². The van der Waals surface area contributed by atoms with Gasteiger partial charge in [0.25, 0.3) is 0 Å². The topological polar surface area (TPSA) is 141 Å². The number of nitrogens with two attached hydrogens (primary N) is 2. The summed E-state index contributed by atoms with van der Waals surface area (Å²) in [7, 11) is 0. The predicted molar refractivity (Wildman–Crippen MR) is 68.9 cm³/mol. The summed E-state index contributed by atoms with van der Waals surface area (Å²) in [5, 5.41) is 25.1. The summed E-state index contributed by atoms with van der Waals surface area (Å²) < 4.78 is 0. The summed E-state index contributed by atoms with van der Waals surface area (Å²) in [6.45, 7) is -0.531. The van der Waals surface area contributed by atoms with Crippen molar-refractivity contribution in [2.24, 2.45) is 21.7 Å². The molecule has 90 valence electrons. The highest BCUT2D eigenvalue weighted by atomic mass is 32.1. The third-order valence-corrected chi connectivity index (χ3v) is 1.36. The first kappa shape index (κ1) is 14.6. The SMILES string of the molecule is NC(=S)N/N=C(/C=N/NC(N)=S)[C@@H](O)CO. The molecule has 0 unspecified atom stereocenters. The highest BCUT2D eigenvalue weighted by Gasteiger charge is 2.09. The van der Waals surface area contributed by atoms with Gasteiger partial charge < -0.3 is 21.7 Å². The highest BCUT2D eigenvalue weighted by molar-refractivity contribution is 7.80. The van der Waals surface area contributed by atoms with Crippen molar-refractivity contribution < 1.29 is 10.2 Å². The van der Waals surface area contributed by atoms with Gasteiger partial charge in [-0.15, -0.1) is 0 Å². The van der Waals surface area contributed by atoms with Gasteiger partial charge >= 0.3 is 0 Å². The Bertz CT molecular complexity index is 318. The molecule has 0 fully saturated rings. The first-order valence-electron chi connectivity index (χ1n) is 3.97. The van der Waals surface area contributed by atoms with Gasteiger partial charge in [-0.3, -0.25) is 10.9 Å². The summed E-state index contributed by atoms with van der Waals surface area (Å²) in [6.07, 6.45) is -0.107. The van der Waals surface area contributed by atoms with Crippen LogP contribution in [0, 0.1) is 0 Å². The minimum atomic E-state index is -1.22. The zero-order valence-electron chi connectivity index (χ0n) is 8.12. The van der Waals surface area contributed by atoms with E-state index in [2.05, 4.69) is 45.5 Å². The lowest BCUT2D eigenvalue weighted by Crippen LogP contribution is -2.33. The molecule has 0 aliphatic rings. The predicted octanol–water partition coefficient (Wildman–Crippen LogP) is -2.65. The summed E-state index contributed by atoms with van der Waals surface area (Å²) in [6, 6.07) is 0. The van der Waals surface area contributed by atoms with Crippen LogP contribution in [0.4, 0.5) is 0 Å². The van der Waals surface area contributed by atoms with E-state index in [-0.39, 0.29) is 15.9 Å². The Balaban J connectivity index is 4.54. The molecule has 0 aromatic heterocycles. The fourth-order valence-corrected chi connectivity index (χ4v) is 0.663. The monoisotopic (exact) mass is 264 g/mol. The normalized spacial score (nSPS) is 13.5. The molecule has 0 rings (SSSR count). The average Bonchev–Trinajstić information content (AvgIpc) is 2.21. The molecule has 0 spiro atoms. The van der Waals surface area contributed by atoms with E-state index in [1.165, 1.54) is 0 Å². The molecule has 0 heterocycles. The van der Waals surface area contributed by atoms with Crippen LogP contribution in [0.15, 0.2) is 10.2 Å². The van der Waals surface area contributed by atoms with Gasteiger partial charge in [-0.05, 0) is 24.4 Å². The molecule has 0 radical (unpaired) electrons. The lowest BCUT2D eigenvalue weighted by molar-refractivity contribution is 0.146. The van der Waals surface area contributed by atoms with E-state index in [0.717, 1.165) is 6.21 Å². The second-order valence-corrected chi connectivity index (χ2v) is 3.33. The summed E-state index contributed by atoms with van der Waals surface area (Å²) >= 11 is 9.00. The van der Waals surface area contributed by atoms with Crippen molar-refractivity contribution in [2.45, 2.75) is 6.10 Å². The molecule has 8 N–H and O–H groups in total. The zero-order valence-corrected chi connectivity index (χ0v) is 9.75. The molecule has 0 aromatic carbocycles. The van der Waals surface area contributed by atoms with Crippen LogP contribution in [0.3, 0.4) is 0 Å². The van der Waals surface area contributed by atoms with Crippen LogP contribution in [-0.2, 0) is 0 Å². The van der Waals surface area contributed by atoms with Crippen molar-refractivity contribution in [3.8, 4) is 0 Å². The van der Waals surface area contributed by atoms with E-state index in [4.69, 9.17) is 16.6 Å². The van der Waals surface area contributed by atoms with Gasteiger partial charge in [0.15, 0.2) is 10.2 Å². The van der Waals surface area contributed by atoms with E-state index >= 15 is 0 Å². The number of hydrogen-bond donors (Lipinski definition) is 6. The van der Waals surface area contributed by atoms with Crippen molar-refractivity contribution in [1.82, 2.24) is 10.9 Å². The van der Waals surface area contributed by atoms with Crippen LogP contribution in [0.25, 0.3) is 0 Å². The van der Waals surface area contributed by atoms with E-state index in [1.807, 2.05) is 0 Å². The zero-order chi connectivity index (χ0) is 12.6. The third kappa shape index (κ3) is 7.00. The molecule has 1 atom stereocenters. The number of hydrogen-bond acceptors (Lipinski definition) is 6. The fourth-order valence-electron chi connectivity index (χ4n) is 0.565. The Kier molecular flexibility index (Phi) is 7.20. The lowest BCUT2D eigenvalue weighted by atomic mass is 10.2. The quantitative estimate of drug-likeness (QED) is 0.180. The first-order valence-corrected chi connectivity index (χ1v) is 4.79. The molecule has 0 saturated heterocycles. The van der Waals surface area contributed by atoms with E-state index in [9.17, 15) is 5.11 Å². The highest BCUT2D eigenvalue weighted by Crippen LogP contribution is 1.85. The van der Waals surface area contributed by atoms with Crippen molar-refractivity contribution in [2.75, 3.05) is 6.61 Å². The van der Waals surface area contributed by atoms with E-state index < -0.39 is 12.7 Å². The fraction of sp³-hybridized carbons (Fsp3) is 0.333. The number of nitrogens with one attached hydrogen (secondary N) is 2. The van der Waals surface area contributed by atoms with Crippen molar-refractivity contribution in [1.29, 1.82) is 0 Å². The van der Waals surface area contributed by atoms with Gasteiger partial charge in [0, 0.05) is 0 Å². The number of rotatable bonds is 5. The average molecular weight is 264 g/mol. The van der Waals surface area contributed by atoms with Gasteiger partial charge in [-0.1, -0.05) is 0 Å². The van der Waals surface area contributed by atoms with Gasteiger partial charge in [-0.2, -0.15) is 10.2 Å². The molecule has 0 saturated carbocycles. The molecule has 0 amide bonds. The number of aliphatic hydroxyl groups is 2. The van der Waals surface area contributed by atoms with Crippen LogP contribution >= 0.6 is 24.4 Å². The largest absolute Gasteiger partial charge is 0.393 e. The number of hydrazone groups is 2. The number of nitrogens with zero attached hydrogens (tertiary/aromatic N) is 2. The molecule has 16 heavy (non-hydrogen) atoms. The third-order valence-electron chi connectivity index (χ3n) is 1.18. The first-order chi connectivity index (χ1) is 7.47. The Morgan fingerprint density at radius 3 is 2.31 bits per heavy atom. The van der Waals surface area contributed by atoms with E-state index in [1.54, 1.807) is 0 Å². The standard InChI is InChI=1S/C6H12N6O2S2/c7-5(15)11-9-1-3(4(14)2-13)10-12-6(8)16/h1,4,13-14H,2H2,(H3,7,11,15)(H3,8,12,16)/b9-1+,10-3-/t4-/m0/s1. The summed E-state index contributed by atoms with van der Waals surface area (Å²) in [5.41, 5.74) is 14.7. The van der Waals surface area contributed by atoms with Crippen LogP contribution in [-0.4, -0.2) is 45.1 Å². The van der Waals surface area contributed by atoms with Crippen LogP contribution < -0.4 is 22.3 Å². The lowest BCUT2D eigenvalue weighted by Gasteiger charge is -2.06. The maximum atomic E-state index is 9.31. The van der Waals surface area contributed by atoms with E-state index in [0.29, 0.717) is 0 Å². The van der Waals surface area contributed by atoms with Gasteiger partial charge in [-0.25, -0.2) is 0 Å². The number of aliphatic hydroxyl groups excluding tert-OH is 2. The Morgan fingerprint density at radius 1 is 1.31 bits per heavy atom. The maximum absolute atomic E-state index is 9.31. The summed E-state index contributed by atoms with van der Waals surface area (Å²) in [5.74, 6) is 0. The minimum absolute atomic E-state index is 0.0130. The number of thiocarbonyl (C=S) groups is 2. The maximum Gasteiger partial charge on any atom is 0.184 e. The molecular formula is C6H12N6O2S2. The van der Waals surface area contributed by atoms with Gasteiger partial charge in [0.05, 0.1) is 12.8 Å². The van der Waals surface area contributed by atoms with Crippen molar-refractivity contribution >= 4 is 46.6 Å². The summed E-state index contributed by atoms with van der Waals surface area (Å²) in [4.78, 5) is 0. The van der Waals surface area contributed by atoms with Crippen LogP contribution in [0.1, 0.15) is 0 Å². The van der Waals surface area contributed by atoms with Gasteiger partial charge in [0.2, 0.25) is 0 Å². The van der Waals surface area contributed by atoms with Crippen LogP contribution in [0.5, 0.6) is 0 Å². The van der Waals surface area contributed by atoms with Crippen molar-refractivity contribution in [3.05, 3.63) is 0 Å². The second-order valence-electron chi connectivity index (χ2n) is 2.45. The minimum Gasteiger partial charge on any atom is -0.393 e. The molecule has 8 nitrogen and oxygen atoms in total. The molecule has 0 aromatic rings. The smallest absolute Gasteiger partial charge is 0.184 e.